The molecule has 1 aromatic carbocycles. The number of hydrogen-bond donors (Lipinski definition) is 1. The number of likely N-dealkylation sites (N-methyl/N-ethyl adjacent to an activating group) is 1. The Labute approximate surface area is 128 Å². The average molecular weight is 314 g/mol. The lowest BCUT2D eigenvalue weighted by Crippen LogP contribution is -3.10. The van der Waals surface area contributed by atoms with Crippen LogP contribution in [0.5, 0.6) is 0 Å². The van der Waals surface area contributed by atoms with Gasteiger partial charge in [-0.05, 0) is 32.5 Å². The monoisotopic (exact) mass is 314 g/mol. The number of unbranched alkanes of at least 4 members (excludes halogenated alkanes) is 1. The molecule has 0 aromatic heterocycles. The van der Waals surface area contributed by atoms with Gasteiger partial charge < -0.3 is 9.45 Å². The Morgan fingerprint density at radius 3 is 2.33 bits per heavy atom. The summed E-state index contributed by atoms with van der Waals surface area (Å²) >= 11 is 0. The molecule has 2 rings (SSSR count). The van der Waals surface area contributed by atoms with E-state index in [0.29, 0.717) is 0 Å². The second-order valence-electron chi connectivity index (χ2n) is 5.61. The van der Waals surface area contributed by atoms with Crippen LogP contribution in [0.1, 0.15) is 25.3 Å². The van der Waals surface area contributed by atoms with Gasteiger partial charge in [0.15, 0.2) is 0 Å². The Morgan fingerprint density at radius 1 is 1.29 bits per heavy atom. The summed E-state index contributed by atoms with van der Waals surface area (Å²) < 4.78 is 31.2. The summed E-state index contributed by atoms with van der Waals surface area (Å²) in [6, 6.07) is 5.78. The van der Waals surface area contributed by atoms with Crippen molar-refractivity contribution in [2.24, 2.45) is 0 Å². The second-order valence-corrected chi connectivity index (χ2v) is 6.99. The molecule has 1 aliphatic rings. The highest BCUT2D eigenvalue weighted by Crippen LogP contribution is 2.08. The fourth-order valence-corrected chi connectivity index (χ4v) is 2.69. The molecule has 0 radical (unpaired) electrons. The van der Waals surface area contributed by atoms with Crippen molar-refractivity contribution in [1.29, 1.82) is 0 Å². The van der Waals surface area contributed by atoms with Crippen LogP contribution in [0.2, 0.25) is 0 Å². The summed E-state index contributed by atoms with van der Waals surface area (Å²) in [5.74, 6) is 0. The fraction of sp³-hybridized carbons (Fsp3) is 0.600. The van der Waals surface area contributed by atoms with Crippen molar-refractivity contribution in [3.8, 4) is 0 Å². The van der Waals surface area contributed by atoms with E-state index in [4.69, 9.17) is 0 Å². The van der Waals surface area contributed by atoms with Crippen LogP contribution < -0.4 is 4.90 Å². The van der Waals surface area contributed by atoms with E-state index in [9.17, 15) is 13.0 Å². The molecule has 1 saturated heterocycles. The van der Waals surface area contributed by atoms with Crippen LogP contribution in [-0.4, -0.2) is 51.2 Å². The van der Waals surface area contributed by atoms with Crippen LogP contribution >= 0.6 is 0 Å². The van der Waals surface area contributed by atoms with Crippen LogP contribution in [0, 0.1) is 6.92 Å². The molecule has 1 unspecified atom stereocenters. The molecule has 0 bridgehead atoms. The minimum absolute atomic E-state index is 0.178. The first kappa shape index (κ1) is 18.1. The number of nitrogens with zero attached hydrogens (tertiary/aromatic N) is 1. The Hall–Kier alpha value is -0.950. The standard InChI is InChI=1S/C8H18N2.C7H8O3S/c1-3-4-5-10-7-6-9(2)8-10;1-6-2-4-7(5-3-6)11(8,9)10/h3-8H2,1-2H3;2-5H,1H3,(H,8,9,10). The zero-order chi connectivity index (χ0) is 15.9. The molecule has 120 valence electrons. The maximum atomic E-state index is 10.4. The van der Waals surface area contributed by atoms with Gasteiger partial charge >= 0.3 is 0 Å². The van der Waals surface area contributed by atoms with Gasteiger partial charge in [0.1, 0.15) is 16.8 Å². The van der Waals surface area contributed by atoms with Gasteiger partial charge in [0.05, 0.1) is 24.5 Å². The third kappa shape index (κ3) is 7.04. The van der Waals surface area contributed by atoms with Crippen molar-refractivity contribution in [3.05, 3.63) is 29.8 Å². The van der Waals surface area contributed by atoms with E-state index < -0.39 is 10.1 Å². The van der Waals surface area contributed by atoms with Crippen LogP contribution in [-0.2, 0) is 10.1 Å². The molecule has 21 heavy (non-hydrogen) atoms. The number of rotatable bonds is 4. The quantitative estimate of drug-likeness (QED) is 0.821. The average Bonchev–Trinajstić information content (AvgIpc) is 2.82. The third-order valence-electron chi connectivity index (χ3n) is 3.53. The van der Waals surface area contributed by atoms with Crippen LogP contribution in [0.25, 0.3) is 0 Å². The largest absolute Gasteiger partial charge is 0.744 e. The van der Waals surface area contributed by atoms with E-state index in [0.717, 1.165) is 5.56 Å². The molecule has 0 amide bonds. The highest BCUT2D eigenvalue weighted by atomic mass is 32.2. The van der Waals surface area contributed by atoms with Crippen LogP contribution in [0.15, 0.2) is 29.2 Å². The van der Waals surface area contributed by atoms with Crippen LogP contribution in [0.4, 0.5) is 0 Å². The number of quaternary nitrogens is 1. The summed E-state index contributed by atoms with van der Waals surface area (Å²) in [5.41, 5.74) is 0.928. The first-order valence-corrected chi connectivity index (χ1v) is 8.78. The summed E-state index contributed by atoms with van der Waals surface area (Å²) in [6.07, 6.45) is 2.73. The molecule has 6 heteroatoms. The van der Waals surface area contributed by atoms with Crippen molar-refractivity contribution in [2.45, 2.75) is 31.6 Å². The van der Waals surface area contributed by atoms with Crippen molar-refractivity contribution in [2.75, 3.05) is 33.4 Å². The maximum Gasteiger partial charge on any atom is 0.133 e. The zero-order valence-corrected chi connectivity index (χ0v) is 13.9. The van der Waals surface area contributed by atoms with Crippen molar-refractivity contribution in [1.82, 2.24) is 4.90 Å². The minimum atomic E-state index is -4.27. The van der Waals surface area contributed by atoms with E-state index in [-0.39, 0.29) is 4.90 Å². The van der Waals surface area contributed by atoms with Gasteiger partial charge in [-0.2, -0.15) is 0 Å². The number of nitrogens with one attached hydrogen (secondary N) is 1. The number of hydrogen-bond acceptors (Lipinski definition) is 4. The predicted octanol–water partition coefficient (Wildman–Crippen LogP) is 0.473. The molecule has 1 atom stereocenters. The molecule has 1 aliphatic heterocycles. The highest BCUT2D eigenvalue weighted by molar-refractivity contribution is 7.85. The molecule has 1 aromatic rings. The van der Waals surface area contributed by atoms with Crippen molar-refractivity contribution in [3.63, 3.8) is 0 Å². The first-order chi connectivity index (χ1) is 9.82. The Kier molecular flexibility index (Phi) is 7.31. The molecule has 0 saturated carbocycles. The maximum absolute atomic E-state index is 10.4. The van der Waals surface area contributed by atoms with Crippen LogP contribution in [0.3, 0.4) is 0 Å². The SMILES string of the molecule is CCCC[NH+]1CCN(C)C1.Cc1ccc(S(=O)(=O)[O-])cc1. The molecule has 0 aliphatic carbocycles. The lowest BCUT2D eigenvalue weighted by molar-refractivity contribution is -0.891. The van der Waals surface area contributed by atoms with Gasteiger partial charge in [-0.1, -0.05) is 31.0 Å². The molecular weight excluding hydrogens is 288 g/mol. The molecule has 1 heterocycles. The van der Waals surface area contributed by atoms with Gasteiger partial charge in [0, 0.05) is 0 Å². The summed E-state index contributed by atoms with van der Waals surface area (Å²) in [6.45, 7) is 9.37. The summed E-state index contributed by atoms with van der Waals surface area (Å²) in [4.78, 5) is 4.00. The summed E-state index contributed by atoms with van der Waals surface area (Å²) in [5, 5.41) is 0. The molecule has 1 N–H and O–H groups in total. The normalized spacial score (nSPS) is 19.1. The molecule has 5 nitrogen and oxygen atoms in total. The zero-order valence-electron chi connectivity index (χ0n) is 13.1. The van der Waals surface area contributed by atoms with Crippen molar-refractivity contribution < 1.29 is 17.9 Å². The van der Waals surface area contributed by atoms with E-state index in [1.807, 2.05) is 6.92 Å². The minimum Gasteiger partial charge on any atom is -0.744 e. The van der Waals surface area contributed by atoms with Gasteiger partial charge in [0.25, 0.3) is 0 Å². The number of aryl methyl sites for hydroxylation is 1. The van der Waals surface area contributed by atoms with Crippen molar-refractivity contribution >= 4 is 10.1 Å². The van der Waals surface area contributed by atoms with Gasteiger partial charge in [-0.25, -0.2) is 8.42 Å². The van der Waals surface area contributed by atoms with Gasteiger partial charge in [-0.15, -0.1) is 0 Å². The Balaban J connectivity index is 0.000000211. The predicted molar refractivity (Wildman–Crippen MR) is 82.2 cm³/mol. The van der Waals surface area contributed by atoms with Gasteiger partial charge in [-0.3, -0.25) is 4.90 Å². The van der Waals surface area contributed by atoms with E-state index in [1.165, 1.54) is 51.3 Å². The smallest absolute Gasteiger partial charge is 0.133 e. The Bertz CT molecular complexity index is 514. The number of benzene rings is 1. The van der Waals surface area contributed by atoms with E-state index in [2.05, 4.69) is 18.9 Å². The topological polar surface area (TPSA) is 64.9 Å². The molecule has 0 spiro atoms. The Morgan fingerprint density at radius 2 is 1.90 bits per heavy atom. The molecular formula is C15H26N2O3S. The fourth-order valence-electron chi connectivity index (χ4n) is 2.22. The van der Waals surface area contributed by atoms with E-state index in [1.54, 1.807) is 17.0 Å². The van der Waals surface area contributed by atoms with Gasteiger partial charge in [0.2, 0.25) is 0 Å². The second kappa shape index (κ2) is 8.48. The molecule has 1 fully saturated rings. The van der Waals surface area contributed by atoms with E-state index >= 15 is 0 Å². The lowest BCUT2D eigenvalue weighted by Gasteiger charge is -2.10. The highest BCUT2D eigenvalue weighted by Gasteiger charge is 2.18. The third-order valence-corrected chi connectivity index (χ3v) is 4.38. The lowest BCUT2D eigenvalue weighted by atomic mass is 10.2. The summed E-state index contributed by atoms with van der Waals surface area (Å²) in [7, 11) is -2.06. The first-order valence-electron chi connectivity index (χ1n) is 7.37.